The molecular weight excluding hydrogens is 296 g/mol. The Kier molecular flexibility index (Phi) is 3.21. The number of rotatable bonds is 3. The van der Waals surface area contributed by atoms with Crippen molar-refractivity contribution in [2.75, 3.05) is 33.4 Å². The summed E-state index contributed by atoms with van der Waals surface area (Å²) < 4.78 is 10.3. The van der Waals surface area contributed by atoms with Crippen LogP contribution in [0.4, 0.5) is 4.79 Å². The summed E-state index contributed by atoms with van der Waals surface area (Å²) in [5.41, 5.74) is 0.683. The second-order valence-corrected chi connectivity index (χ2v) is 6.49. The maximum absolute atomic E-state index is 13.1. The zero-order chi connectivity index (χ0) is 16.0. The second kappa shape index (κ2) is 5.15. The smallest absolute Gasteiger partial charge is 0.410 e. The van der Waals surface area contributed by atoms with Crippen LogP contribution in [-0.2, 0) is 14.9 Å². The van der Waals surface area contributed by atoms with Crippen LogP contribution in [0, 0.1) is 0 Å². The number of hydrogen-bond acceptors (Lipinski definition) is 4. The highest BCUT2D eigenvalue weighted by atomic mass is 16.6. The fraction of sp³-hybridized carbons (Fsp3) is 0.529. The van der Waals surface area contributed by atoms with E-state index in [9.17, 15) is 9.59 Å². The van der Waals surface area contributed by atoms with Gasteiger partial charge >= 0.3 is 6.09 Å². The molecular formula is C17H20N2O4. The molecule has 6 nitrogen and oxygen atoms in total. The lowest BCUT2D eigenvalue weighted by Crippen LogP contribution is -2.55. The van der Waals surface area contributed by atoms with Gasteiger partial charge in [-0.25, -0.2) is 4.79 Å². The van der Waals surface area contributed by atoms with Gasteiger partial charge in [-0.15, -0.1) is 0 Å². The van der Waals surface area contributed by atoms with Crippen molar-refractivity contribution in [2.24, 2.45) is 0 Å². The summed E-state index contributed by atoms with van der Waals surface area (Å²) in [6.07, 6.45) is 1.52. The minimum Gasteiger partial charge on any atom is -0.497 e. The molecule has 1 aromatic rings. The topological polar surface area (TPSA) is 59.1 Å². The number of ether oxygens (including phenoxy) is 2. The highest BCUT2D eigenvalue weighted by Gasteiger charge is 2.54. The molecule has 2 heterocycles. The van der Waals surface area contributed by atoms with Gasteiger partial charge in [0.25, 0.3) is 0 Å². The van der Waals surface area contributed by atoms with Crippen LogP contribution in [0.1, 0.15) is 18.4 Å². The van der Waals surface area contributed by atoms with Crippen molar-refractivity contribution < 1.29 is 19.1 Å². The minimum atomic E-state index is -0.377. The number of carbonyl (C=O) groups excluding carboxylic acids is 2. The molecule has 3 aliphatic rings. The molecule has 0 spiro atoms. The highest BCUT2D eigenvalue weighted by Crippen LogP contribution is 2.50. The maximum Gasteiger partial charge on any atom is 0.410 e. The molecule has 1 unspecified atom stereocenters. The third kappa shape index (κ3) is 2.24. The van der Waals surface area contributed by atoms with E-state index in [1.807, 2.05) is 29.2 Å². The lowest BCUT2D eigenvalue weighted by atomic mass is 9.93. The fourth-order valence-corrected chi connectivity index (χ4v) is 3.64. The van der Waals surface area contributed by atoms with Crippen LogP contribution in [0.3, 0.4) is 0 Å². The Hall–Kier alpha value is -2.24. The van der Waals surface area contributed by atoms with Gasteiger partial charge in [0.05, 0.1) is 18.6 Å². The predicted octanol–water partition coefficient (Wildman–Crippen LogP) is 1.39. The number of amides is 2. The van der Waals surface area contributed by atoms with Crippen LogP contribution < -0.4 is 4.74 Å². The van der Waals surface area contributed by atoms with E-state index in [2.05, 4.69) is 0 Å². The number of fused-ring (bicyclic) bond motifs is 1. The van der Waals surface area contributed by atoms with Gasteiger partial charge in [-0.2, -0.15) is 0 Å². The molecule has 0 bridgehead atoms. The highest BCUT2D eigenvalue weighted by molar-refractivity contribution is 5.91. The zero-order valence-electron chi connectivity index (χ0n) is 13.2. The molecule has 2 amide bonds. The van der Waals surface area contributed by atoms with Crippen molar-refractivity contribution in [3.8, 4) is 5.75 Å². The number of piperazine rings is 1. The maximum atomic E-state index is 13.1. The van der Waals surface area contributed by atoms with Crippen molar-refractivity contribution in [2.45, 2.75) is 24.3 Å². The van der Waals surface area contributed by atoms with E-state index in [0.717, 1.165) is 24.2 Å². The molecule has 1 aromatic carbocycles. The van der Waals surface area contributed by atoms with Crippen LogP contribution in [0.2, 0.25) is 0 Å². The summed E-state index contributed by atoms with van der Waals surface area (Å²) in [5, 5.41) is 0. The number of carbonyl (C=O) groups is 2. The van der Waals surface area contributed by atoms with Crippen molar-refractivity contribution in [1.82, 2.24) is 9.80 Å². The summed E-state index contributed by atoms with van der Waals surface area (Å²) in [6, 6.07) is 7.80. The van der Waals surface area contributed by atoms with E-state index >= 15 is 0 Å². The van der Waals surface area contributed by atoms with Gasteiger partial charge in [-0.3, -0.25) is 9.69 Å². The average molecular weight is 316 g/mol. The summed E-state index contributed by atoms with van der Waals surface area (Å²) in [7, 11) is 1.64. The van der Waals surface area contributed by atoms with Crippen LogP contribution >= 0.6 is 0 Å². The standard InChI is InChI=1S/C17H20N2O4/c1-22-14-4-2-12(3-5-14)17(6-7-17)15(20)18-8-9-19-13(10-18)11-23-16(19)21/h2-5,13H,6-11H2,1H3. The number of nitrogens with zero attached hydrogens (tertiary/aromatic N) is 2. The van der Waals surface area contributed by atoms with E-state index in [1.54, 1.807) is 12.0 Å². The van der Waals surface area contributed by atoms with Gasteiger partial charge in [-0.05, 0) is 30.5 Å². The fourth-order valence-electron chi connectivity index (χ4n) is 3.64. The molecule has 1 atom stereocenters. The molecule has 4 rings (SSSR count). The minimum absolute atomic E-state index is 0.00636. The third-order valence-corrected chi connectivity index (χ3v) is 5.21. The summed E-state index contributed by atoms with van der Waals surface area (Å²) in [4.78, 5) is 28.3. The van der Waals surface area contributed by atoms with E-state index < -0.39 is 0 Å². The molecule has 2 aliphatic heterocycles. The molecule has 1 aliphatic carbocycles. The quantitative estimate of drug-likeness (QED) is 0.845. The zero-order valence-corrected chi connectivity index (χ0v) is 13.2. The Morgan fingerprint density at radius 2 is 2.00 bits per heavy atom. The Balaban J connectivity index is 1.51. The first-order chi connectivity index (χ1) is 11.1. The first-order valence-corrected chi connectivity index (χ1v) is 8.01. The Bertz CT molecular complexity index is 638. The first-order valence-electron chi connectivity index (χ1n) is 8.01. The number of methoxy groups -OCH3 is 1. The first kappa shape index (κ1) is 14.4. The van der Waals surface area contributed by atoms with Crippen molar-refractivity contribution in [1.29, 1.82) is 0 Å². The van der Waals surface area contributed by atoms with Gasteiger partial charge in [0.2, 0.25) is 5.91 Å². The predicted molar refractivity (Wildman–Crippen MR) is 82.3 cm³/mol. The van der Waals surface area contributed by atoms with Gasteiger partial charge in [0.15, 0.2) is 0 Å². The molecule has 6 heteroatoms. The molecule has 3 fully saturated rings. The Morgan fingerprint density at radius 3 is 2.65 bits per heavy atom. The van der Waals surface area contributed by atoms with Crippen LogP contribution in [0.25, 0.3) is 0 Å². The largest absolute Gasteiger partial charge is 0.497 e. The lowest BCUT2D eigenvalue weighted by Gasteiger charge is -2.37. The van der Waals surface area contributed by atoms with Gasteiger partial charge in [0, 0.05) is 19.6 Å². The SMILES string of the molecule is COc1ccc(C2(C(=O)N3CCN4C(=O)OCC4C3)CC2)cc1. The molecule has 23 heavy (non-hydrogen) atoms. The summed E-state index contributed by atoms with van der Waals surface area (Å²) >= 11 is 0. The molecule has 0 radical (unpaired) electrons. The van der Waals surface area contributed by atoms with Crippen LogP contribution in [0.15, 0.2) is 24.3 Å². The number of hydrogen-bond donors (Lipinski definition) is 0. The Morgan fingerprint density at radius 1 is 1.26 bits per heavy atom. The van der Waals surface area contributed by atoms with Gasteiger partial charge in [0.1, 0.15) is 12.4 Å². The van der Waals surface area contributed by atoms with Crippen LogP contribution in [0.5, 0.6) is 5.75 Å². The van der Waals surface area contributed by atoms with Crippen molar-refractivity contribution in [3.63, 3.8) is 0 Å². The van der Waals surface area contributed by atoms with Gasteiger partial charge < -0.3 is 14.4 Å². The van der Waals surface area contributed by atoms with E-state index in [0.29, 0.717) is 26.2 Å². The molecule has 0 N–H and O–H groups in total. The monoisotopic (exact) mass is 316 g/mol. The van der Waals surface area contributed by atoms with Crippen LogP contribution in [-0.4, -0.2) is 61.2 Å². The number of cyclic esters (lactones) is 1. The molecule has 1 saturated carbocycles. The molecule has 0 aromatic heterocycles. The van der Waals surface area contributed by atoms with Gasteiger partial charge in [-0.1, -0.05) is 12.1 Å². The van der Waals surface area contributed by atoms with Crippen molar-refractivity contribution >= 4 is 12.0 Å². The summed E-state index contributed by atoms with van der Waals surface area (Å²) in [5.74, 6) is 0.980. The summed E-state index contributed by atoms with van der Waals surface area (Å²) in [6.45, 7) is 2.11. The van der Waals surface area contributed by atoms with E-state index in [4.69, 9.17) is 9.47 Å². The Labute approximate surface area is 134 Å². The van der Waals surface area contributed by atoms with Crippen molar-refractivity contribution in [3.05, 3.63) is 29.8 Å². The average Bonchev–Trinajstić information content (AvgIpc) is 3.33. The third-order valence-electron chi connectivity index (χ3n) is 5.21. The van der Waals surface area contributed by atoms with E-state index in [-0.39, 0.29) is 23.5 Å². The lowest BCUT2D eigenvalue weighted by molar-refractivity contribution is -0.136. The normalized spacial score (nSPS) is 24.9. The number of benzene rings is 1. The molecule has 2 saturated heterocycles. The molecule has 122 valence electrons. The van der Waals surface area contributed by atoms with E-state index in [1.165, 1.54) is 0 Å². The second-order valence-electron chi connectivity index (χ2n) is 6.49.